The predicted molar refractivity (Wildman–Crippen MR) is 65.5 cm³/mol. The first-order valence-corrected chi connectivity index (χ1v) is 5.48. The van der Waals surface area contributed by atoms with Gasteiger partial charge in [0, 0.05) is 5.46 Å². The van der Waals surface area contributed by atoms with E-state index in [-0.39, 0.29) is 5.46 Å². The second-order valence-corrected chi connectivity index (χ2v) is 5.06. The number of rotatable bonds is 4. The SMILES string of the molecule is CC(C)(O)C(C)(C)OB(O)c1ccccc1F. The van der Waals surface area contributed by atoms with Crippen LogP contribution in [0.15, 0.2) is 24.3 Å². The standard InChI is InChI=1S/C12H18BFO3/c1-11(2,15)12(3,4)17-13(16)9-7-5-6-8-10(9)14/h5-8,15-16H,1-4H3. The summed E-state index contributed by atoms with van der Waals surface area (Å²) in [6, 6.07) is 5.84. The van der Waals surface area contributed by atoms with Crippen molar-refractivity contribution in [2.24, 2.45) is 0 Å². The summed E-state index contributed by atoms with van der Waals surface area (Å²) in [6.45, 7) is 6.41. The summed E-state index contributed by atoms with van der Waals surface area (Å²) in [5, 5.41) is 19.7. The van der Waals surface area contributed by atoms with Gasteiger partial charge in [-0.2, -0.15) is 0 Å². The minimum Gasteiger partial charge on any atom is -0.423 e. The van der Waals surface area contributed by atoms with Crippen LogP contribution in [-0.2, 0) is 4.65 Å². The number of benzene rings is 1. The Labute approximate surface area is 101 Å². The zero-order valence-electron chi connectivity index (χ0n) is 10.6. The van der Waals surface area contributed by atoms with Gasteiger partial charge in [-0.05, 0) is 33.8 Å². The molecule has 2 N–H and O–H groups in total. The Kier molecular flexibility index (Phi) is 3.97. The van der Waals surface area contributed by atoms with Crippen molar-refractivity contribution in [3.05, 3.63) is 30.1 Å². The Morgan fingerprint density at radius 3 is 2.18 bits per heavy atom. The van der Waals surface area contributed by atoms with Crippen molar-refractivity contribution in [1.29, 1.82) is 0 Å². The van der Waals surface area contributed by atoms with Crippen LogP contribution in [0.3, 0.4) is 0 Å². The zero-order chi connectivity index (χ0) is 13.3. The quantitative estimate of drug-likeness (QED) is 0.774. The summed E-state index contributed by atoms with van der Waals surface area (Å²) >= 11 is 0. The van der Waals surface area contributed by atoms with Crippen LogP contribution in [0, 0.1) is 5.82 Å². The second-order valence-electron chi connectivity index (χ2n) is 5.06. The molecule has 0 fully saturated rings. The molecule has 0 saturated carbocycles. The molecule has 0 heterocycles. The van der Waals surface area contributed by atoms with Gasteiger partial charge in [0.2, 0.25) is 0 Å². The fourth-order valence-electron chi connectivity index (χ4n) is 1.16. The van der Waals surface area contributed by atoms with Crippen LogP contribution in [0.5, 0.6) is 0 Å². The first-order valence-electron chi connectivity index (χ1n) is 5.48. The van der Waals surface area contributed by atoms with E-state index in [2.05, 4.69) is 0 Å². The fraction of sp³-hybridized carbons (Fsp3) is 0.500. The van der Waals surface area contributed by atoms with Crippen molar-refractivity contribution in [3.8, 4) is 0 Å². The normalized spacial score (nSPS) is 12.6. The number of hydrogen-bond acceptors (Lipinski definition) is 3. The van der Waals surface area contributed by atoms with Crippen molar-refractivity contribution in [1.82, 2.24) is 0 Å². The molecule has 0 atom stereocenters. The molecule has 3 nitrogen and oxygen atoms in total. The highest BCUT2D eigenvalue weighted by Gasteiger charge is 2.40. The second kappa shape index (κ2) is 4.76. The molecule has 5 heteroatoms. The highest BCUT2D eigenvalue weighted by molar-refractivity contribution is 6.60. The molecule has 0 aliphatic rings. The van der Waals surface area contributed by atoms with Gasteiger partial charge in [-0.1, -0.05) is 18.2 Å². The van der Waals surface area contributed by atoms with Gasteiger partial charge in [0.15, 0.2) is 0 Å². The van der Waals surface area contributed by atoms with E-state index in [1.165, 1.54) is 18.2 Å². The molecular weight excluding hydrogens is 222 g/mol. The van der Waals surface area contributed by atoms with Gasteiger partial charge >= 0.3 is 7.12 Å². The van der Waals surface area contributed by atoms with Crippen molar-refractivity contribution in [2.45, 2.75) is 38.9 Å². The highest BCUT2D eigenvalue weighted by Crippen LogP contribution is 2.25. The molecule has 1 rings (SSSR count). The van der Waals surface area contributed by atoms with E-state index in [4.69, 9.17) is 4.65 Å². The molecule has 0 aromatic heterocycles. The summed E-state index contributed by atoms with van der Waals surface area (Å²) < 4.78 is 18.7. The number of halogens is 1. The lowest BCUT2D eigenvalue weighted by Gasteiger charge is -2.38. The van der Waals surface area contributed by atoms with Gasteiger partial charge in [-0.3, -0.25) is 0 Å². The molecular formula is C12H18BFO3. The molecule has 17 heavy (non-hydrogen) atoms. The van der Waals surface area contributed by atoms with Crippen LogP contribution < -0.4 is 5.46 Å². The van der Waals surface area contributed by atoms with Crippen LogP contribution >= 0.6 is 0 Å². The van der Waals surface area contributed by atoms with E-state index in [0.717, 1.165) is 0 Å². The summed E-state index contributed by atoms with van der Waals surface area (Å²) in [5.41, 5.74) is -2.10. The Morgan fingerprint density at radius 1 is 1.18 bits per heavy atom. The van der Waals surface area contributed by atoms with Gasteiger partial charge in [-0.15, -0.1) is 0 Å². The van der Waals surface area contributed by atoms with Crippen molar-refractivity contribution in [2.75, 3.05) is 0 Å². The Balaban J connectivity index is 2.87. The average molecular weight is 240 g/mol. The predicted octanol–water partition coefficient (Wildman–Crippen LogP) is 1.08. The topological polar surface area (TPSA) is 49.7 Å². The molecule has 0 aliphatic carbocycles. The van der Waals surface area contributed by atoms with E-state index in [9.17, 15) is 14.5 Å². The van der Waals surface area contributed by atoms with Gasteiger partial charge in [0.1, 0.15) is 5.82 Å². The van der Waals surface area contributed by atoms with Crippen LogP contribution in [0.1, 0.15) is 27.7 Å². The average Bonchev–Trinajstić information content (AvgIpc) is 2.15. The van der Waals surface area contributed by atoms with E-state index >= 15 is 0 Å². The van der Waals surface area contributed by atoms with E-state index < -0.39 is 24.1 Å². The Bertz CT molecular complexity index is 388. The van der Waals surface area contributed by atoms with Gasteiger partial charge in [0.25, 0.3) is 0 Å². The van der Waals surface area contributed by atoms with Crippen molar-refractivity contribution >= 4 is 12.6 Å². The molecule has 0 aliphatic heterocycles. The Hall–Kier alpha value is -0.905. The minimum absolute atomic E-state index is 0.0600. The molecule has 0 bridgehead atoms. The number of hydrogen-bond donors (Lipinski definition) is 2. The van der Waals surface area contributed by atoms with E-state index in [0.29, 0.717) is 0 Å². The smallest absolute Gasteiger partial charge is 0.423 e. The van der Waals surface area contributed by atoms with Crippen LogP contribution in [0.25, 0.3) is 0 Å². The molecule has 94 valence electrons. The summed E-state index contributed by atoms with van der Waals surface area (Å²) in [4.78, 5) is 0. The van der Waals surface area contributed by atoms with E-state index in [1.807, 2.05) is 0 Å². The van der Waals surface area contributed by atoms with E-state index in [1.54, 1.807) is 33.8 Å². The summed E-state index contributed by atoms with van der Waals surface area (Å²) in [5.74, 6) is -0.536. The van der Waals surface area contributed by atoms with Gasteiger partial charge in [-0.25, -0.2) is 4.39 Å². The monoisotopic (exact) mass is 240 g/mol. The Morgan fingerprint density at radius 2 is 1.71 bits per heavy atom. The van der Waals surface area contributed by atoms with Gasteiger partial charge < -0.3 is 14.8 Å². The van der Waals surface area contributed by atoms with Gasteiger partial charge in [0.05, 0.1) is 11.2 Å². The maximum Gasteiger partial charge on any atom is 0.494 e. The number of aliphatic hydroxyl groups is 1. The maximum absolute atomic E-state index is 13.4. The summed E-state index contributed by atoms with van der Waals surface area (Å²) in [6.07, 6.45) is 0. The maximum atomic E-state index is 13.4. The third-order valence-corrected chi connectivity index (χ3v) is 3.05. The van der Waals surface area contributed by atoms with Crippen molar-refractivity contribution in [3.63, 3.8) is 0 Å². The zero-order valence-corrected chi connectivity index (χ0v) is 10.6. The third-order valence-electron chi connectivity index (χ3n) is 3.05. The molecule has 0 spiro atoms. The van der Waals surface area contributed by atoms with Crippen LogP contribution in [-0.4, -0.2) is 28.5 Å². The summed E-state index contributed by atoms with van der Waals surface area (Å²) in [7, 11) is -1.40. The highest BCUT2D eigenvalue weighted by atomic mass is 19.1. The van der Waals surface area contributed by atoms with Crippen molar-refractivity contribution < 1.29 is 19.2 Å². The molecule has 1 aromatic rings. The third kappa shape index (κ3) is 3.28. The first-order chi connectivity index (χ1) is 7.65. The lowest BCUT2D eigenvalue weighted by atomic mass is 9.76. The largest absolute Gasteiger partial charge is 0.494 e. The minimum atomic E-state index is -1.40. The molecule has 1 aromatic carbocycles. The first kappa shape index (κ1) is 14.2. The van der Waals surface area contributed by atoms with Crippen LogP contribution in [0.2, 0.25) is 0 Å². The molecule has 0 saturated heterocycles. The molecule has 0 unspecified atom stereocenters. The lowest BCUT2D eigenvalue weighted by Crippen LogP contribution is -2.53. The fourth-order valence-corrected chi connectivity index (χ4v) is 1.16. The molecule has 0 radical (unpaired) electrons. The van der Waals surface area contributed by atoms with Crippen LogP contribution in [0.4, 0.5) is 4.39 Å². The molecule has 0 amide bonds. The lowest BCUT2D eigenvalue weighted by molar-refractivity contribution is -0.0983.